The highest BCUT2D eigenvalue weighted by atomic mass is 35.5. The van der Waals surface area contributed by atoms with Gasteiger partial charge in [-0.2, -0.15) is 0 Å². The van der Waals surface area contributed by atoms with Gasteiger partial charge in [0.1, 0.15) is 5.65 Å². The number of pyridine rings is 1. The zero-order chi connectivity index (χ0) is 10.1. The molecule has 2 rings (SSSR count). The molecule has 2 aromatic rings. The van der Waals surface area contributed by atoms with Gasteiger partial charge in [0.2, 0.25) is 0 Å². The number of hydrogen-bond acceptors (Lipinski definition) is 3. The van der Waals surface area contributed by atoms with Crippen molar-refractivity contribution >= 4 is 33.4 Å². The molecule has 2 heterocycles. The summed E-state index contributed by atoms with van der Waals surface area (Å²) < 4.78 is 0. The molecule has 0 aliphatic heterocycles. The minimum Gasteiger partial charge on any atom is -0.403 e. The Balaban J connectivity index is 2.83. The van der Waals surface area contributed by atoms with Crippen molar-refractivity contribution < 1.29 is 0 Å². The van der Waals surface area contributed by atoms with Crippen LogP contribution in [-0.4, -0.2) is 9.97 Å². The van der Waals surface area contributed by atoms with Gasteiger partial charge in [-0.05, 0) is 6.07 Å². The Bertz CT molecular complexity index is 500. The van der Waals surface area contributed by atoms with Gasteiger partial charge in [0, 0.05) is 23.3 Å². The van der Waals surface area contributed by atoms with E-state index in [1.807, 2.05) is 6.07 Å². The molecule has 0 saturated heterocycles. The second-order valence-corrected chi connectivity index (χ2v) is 3.25. The number of aromatic nitrogens is 2. The van der Waals surface area contributed by atoms with E-state index in [1.165, 1.54) is 6.20 Å². The number of rotatable bonds is 1. The van der Waals surface area contributed by atoms with Crippen LogP contribution >= 0.6 is 11.6 Å². The first kappa shape index (κ1) is 8.90. The minimum atomic E-state index is 0.425. The van der Waals surface area contributed by atoms with Gasteiger partial charge in [-0.15, -0.1) is 0 Å². The van der Waals surface area contributed by atoms with E-state index in [0.717, 1.165) is 16.6 Å². The maximum atomic E-state index is 5.95. The quantitative estimate of drug-likeness (QED) is 0.667. The van der Waals surface area contributed by atoms with E-state index in [4.69, 9.17) is 23.1 Å². The smallest absolute Gasteiger partial charge is 0.138 e. The van der Waals surface area contributed by atoms with Crippen molar-refractivity contribution in [3.63, 3.8) is 0 Å². The van der Waals surface area contributed by atoms with E-state index in [2.05, 4.69) is 9.97 Å². The summed E-state index contributed by atoms with van der Waals surface area (Å²) in [7, 11) is 0. The largest absolute Gasteiger partial charge is 0.403 e. The summed E-state index contributed by atoms with van der Waals surface area (Å²) >= 11 is 5.95. The van der Waals surface area contributed by atoms with E-state index >= 15 is 0 Å². The topological polar surface area (TPSA) is 80.7 Å². The summed E-state index contributed by atoms with van der Waals surface area (Å²) in [4.78, 5) is 7.08. The maximum absolute atomic E-state index is 5.95. The van der Waals surface area contributed by atoms with Crippen molar-refractivity contribution in [3.05, 3.63) is 30.2 Å². The average Bonchev–Trinajstić information content (AvgIpc) is 2.64. The highest BCUT2D eigenvalue weighted by molar-refractivity contribution is 6.50. The summed E-state index contributed by atoms with van der Waals surface area (Å²) in [6.07, 6.45) is 4.65. The van der Waals surface area contributed by atoms with Gasteiger partial charge in [-0.3, -0.25) is 0 Å². The number of nitrogens with zero attached hydrogens (tertiary/aromatic N) is 1. The van der Waals surface area contributed by atoms with Crippen molar-refractivity contribution in [2.45, 2.75) is 0 Å². The molecule has 72 valence electrons. The van der Waals surface area contributed by atoms with E-state index in [1.54, 1.807) is 12.4 Å². The summed E-state index contributed by atoms with van der Waals surface area (Å²) in [5.74, 6) is 0. The molecule has 2 aromatic heterocycles. The number of hydrogen-bond donors (Lipinski definition) is 3. The highest BCUT2D eigenvalue weighted by Gasteiger charge is 2.09. The van der Waals surface area contributed by atoms with E-state index in [0.29, 0.717) is 10.7 Å². The van der Waals surface area contributed by atoms with Gasteiger partial charge in [-0.1, -0.05) is 11.6 Å². The van der Waals surface area contributed by atoms with E-state index < -0.39 is 0 Å². The van der Waals surface area contributed by atoms with Crippen LogP contribution in [-0.2, 0) is 0 Å². The molecule has 0 saturated carbocycles. The first-order chi connectivity index (χ1) is 6.74. The third-order valence-electron chi connectivity index (χ3n) is 2.00. The zero-order valence-corrected chi connectivity index (χ0v) is 8.05. The van der Waals surface area contributed by atoms with Gasteiger partial charge >= 0.3 is 0 Å². The van der Waals surface area contributed by atoms with Crippen LogP contribution < -0.4 is 11.5 Å². The van der Waals surface area contributed by atoms with Crippen LogP contribution in [0.25, 0.3) is 16.1 Å². The Morgan fingerprint density at radius 2 is 2.36 bits per heavy atom. The number of nitrogens with two attached hydrogens (primary N) is 2. The molecule has 0 aliphatic carbocycles. The molecule has 0 unspecified atom stereocenters. The lowest BCUT2D eigenvalue weighted by atomic mass is 10.1. The van der Waals surface area contributed by atoms with Crippen LogP contribution in [0.15, 0.2) is 24.7 Å². The third kappa shape index (κ3) is 1.20. The first-order valence-electron chi connectivity index (χ1n) is 4.03. The summed E-state index contributed by atoms with van der Waals surface area (Å²) in [5.41, 5.74) is 13.1. The number of aromatic amines is 1. The molecular formula is C9H9ClN4. The van der Waals surface area contributed by atoms with E-state index in [-0.39, 0.29) is 0 Å². The molecule has 0 spiro atoms. The summed E-state index contributed by atoms with van der Waals surface area (Å²) in [6, 6.07) is 1.86. The standard InChI is InChI=1S/C9H9ClN4/c10-6(3-11)8-5-1-2-13-9(5)14-4-7(8)12/h1-4H,11-12H2,(H,13,14)/b6-3+. The Morgan fingerprint density at radius 3 is 3.07 bits per heavy atom. The number of halogens is 1. The molecule has 0 bridgehead atoms. The maximum Gasteiger partial charge on any atom is 0.138 e. The van der Waals surface area contributed by atoms with Crippen LogP contribution in [0.5, 0.6) is 0 Å². The van der Waals surface area contributed by atoms with Gasteiger partial charge in [0.15, 0.2) is 0 Å². The van der Waals surface area contributed by atoms with Crippen LogP contribution in [0.3, 0.4) is 0 Å². The molecule has 0 atom stereocenters. The Kier molecular flexibility index (Phi) is 2.05. The van der Waals surface area contributed by atoms with Crippen LogP contribution in [0, 0.1) is 0 Å². The van der Waals surface area contributed by atoms with Gasteiger partial charge in [0.05, 0.1) is 16.9 Å². The fourth-order valence-corrected chi connectivity index (χ4v) is 1.58. The Labute approximate surface area is 85.6 Å². The highest BCUT2D eigenvalue weighted by Crippen LogP contribution is 2.30. The summed E-state index contributed by atoms with van der Waals surface area (Å²) in [5, 5.41) is 1.30. The fraction of sp³-hybridized carbons (Fsp3) is 0. The third-order valence-corrected chi connectivity index (χ3v) is 2.32. The van der Waals surface area contributed by atoms with Crippen molar-refractivity contribution in [2.24, 2.45) is 5.73 Å². The van der Waals surface area contributed by atoms with Crippen LogP contribution in [0.4, 0.5) is 5.69 Å². The molecule has 0 aromatic carbocycles. The number of fused-ring (bicyclic) bond motifs is 1. The number of nitrogens with one attached hydrogen (secondary N) is 1. The molecule has 5 N–H and O–H groups in total. The Hall–Kier alpha value is -1.68. The second kappa shape index (κ2) is 3.23. The predicted molar refractivity (Wildman–Crippen MR) is 58.5 cm³/mol. The molecule has 14 heavy (non-hydrogen) atoms. The lowest BCUT2D eigenvalue weighted by Crippen LogP contribution is -1.95. The second-order valence-electron chi connectivity index (χ2n) is 2.84. The SMILES string of the molecule is N/C=C(/Cl)c1c(N)cnc2[nH]ccc12. The molecule has 0 radical (unpaired) electrons. The van der Waals surface area contributed by atoms with Crippen molar-refractivity contribution in [2.75, 3.05) is 5.73 Å². The first-order valence-corrected chi connectivity index (χ1v) is 4.41. The normalized spacial score (nSPS) is 12.2. The number of H-pyrrole nitrogens is 1. The van der Waals surface area contributed by atoms with E-state index in [9.17, 15) is 0 Å². The van der Waals surface area contributed by atoms with Crippen LogP contribution in [0.2, 0.25) is 0 Å². The Morgan fingerprint density at radius 1 is 1.57 bits per heavy atom. The summed E-state index contributed by atoms with van der Waals surface area (Å²) in [6.45, 7) is 0. The molecular weight excluding hydrogens is 200 g/mol. The van der Waals surface area contributed by atoms with Gasteiger partial charge < -0.3 is 16.5 Å². The fourth-order valence-electron chi connectivity index (χ4n) is 1.37. The van der Waals surface area contributed by atoms with Crippen molar-refractivity contribution in [1.29, 1.82) is 0 Å². The van der Waals surface area contributed by atoms with Crippen molar-refractivity contribution in [1.82, 2.24) is 9.97 Å². The molecule has 0 amide bonds. The number of nitrogen functional groups attached to an aromatic ring is 1. The number of anilines is 1. The average molecular weight is 209 g/mol. The lowest BCUT2D eigenvalue weighted by molar-refractivity contribution is 1.32. The lowest BCUT2D eigenvalue weighted by Gasteiger charge is -2.04. The van der Waals surface area contributed by atoms with Crippen LogP contribution in [0.1, 0.15) is 5.56 Å². The zero-order valence-electron chi connectivity index (χ0n) is 7.29. The minimum absolute atomic E-state index is 0.425. The predicted octanol–water partition coefficient (Wildman–Crippen LogP) is 1.64. The molecule has 4 nitrogen and oxygen atoms in total. The van der Waals surface area contributed by atoms with Gasteiger partial charge in [0.25, 0.3) is 0 Å². The van der Waals surface area contributed by atoms with Gasteiger partial charge in [-0.25, -0.2) is 4.98 Å². The molecule has 0 aliphatic rings. The van der Waals surface area contributed by atoms with Crippen molar-refractivity contribution in [3.8, 4) is 0 Å². The molecule has 5 heteroatoms. The monoisotopic (exact) mass is 208 g/mol. The molecule has 0 fully saturated rings.